The number of halogens is 1. The Balaban J connectivity index is 2.61. The summed E-state index contributed by atoms with van der Waals surface area (Å²) in [6, 6.07) is 17.1. The minimum atomic E-state index is -0.00280. The van der Waals surface area contributed by atoms with Crippen LogP contribution in [0.25, 0.3) is 22.3 Å². The molecule has 0 amide bonds. The van der Waals surface area contributed by atoms with Gasteiger partial charge in [0.1, 0.15) is 0 Å². The Morgan fingerprint density at radius 3 is 0.791 bits per heavy atom. The van der Waals surface area contributed by atoms with Crippen LogP contribution >= 0.6 is 22.6 Å². The van der Waals surface area contributed by atoms with Gasteiger partial charge in [-0.25, -0.2) is 0 Å². The summed E-state index contributed by atoms with van der Waals surface area (Å²) in [4.78, 5) is 0. The van der Waals surface area contributed by atoms with Crippen LogP contribution in [0.3, 0.4) is 0 Å². The summed E-state index contributed by atoms with van der Waals surface area (Å²) in [5.74, 6) is 0. The maximum atomic E-state index is 2.68. The monoisotopic (exact) mass is 692 g/mol. The summed E-state index contributed by atoms with van der Waals surface area (Å²) in [5.41, 5.74) is 14.3. The van der Waals surface area contributed by atoms with E-state index in [9.17, 15) is 0 Å². The van der Waals surface area contributed by atoms with Crippen molar-refractivity contribution >= 4 is 22.6 Å². The van der Waals surface area contributed by atoms with Gasteiger partial charge in [0.05, 0.1) is 0 Å². The van der Waals surface area contributed by atoms with Gasteiger partial charge in [-0.2, -0.15) is 0 Å². The number of benzene rings is 3. The third-order valence-corrected chi connectivity index (χ3v) is 9.94. The van der Waals surface area contributed by atoms with E-state index >= 15 is 0 Å². The van der Waals surface area contributed by atoms with E-state index in [-0.39, 0.29) is 32.5 Å². The van der Waals surface area contributed by atoms with E-state index in [1.807, 2.05) is 0 Å². The predicted molar refractivity (Wildman–Crippen MR) is 202 cm³/mol. The first-order valence-corrected chi connectivity index (χ1v) is 17.3. The lowest BCUT2D eigenvalue weighted by Gasteiger charge is -2.35. The van der Waals surface area contributed by atoms with Crippen LogP contribution in [0, 0.1) is 3.57 Å². The minimum Gasteiger partial charge on any atom is -0.0610 e. The normalized spacial score (nSPS) is 13.9. The van der Waals surface area contributed by atoms with E-state index in [0.717, 1.165) is 0 Å². The van der Waals surface area contributed by atoms with Gasteiger partial charge in [-0.05, 0) is 111 Å². The first kappa shape index (κ1) is 35.9. The third kappa shape index (κ3) is 7.62. The zero-order valence-corrected chi connectivity index (χ0v) is 33.1. The van der Waals surface area contributed by atoms with E-state index in [1.165, 1.54) is 59.2 Å². The van der Waals surface area contributed by atoms with E-state index in [2.05, 4.69) is 190 Å². The van der Waals surface area contributed by atoms with Crippen molar-refractivity contribution in [3.05, 3.63) is 79.4 Å². The van der Waals surface area contributed by atoms with Crippen LogP contribution in [0.5, 0.6) is 0 Å². The Morgan fingerprint density at radius 1 is 0.372 bits per heavy atom. The SMILES string of the molecule is CC(C)(C)c1cc(C(C)(C)C)c(-c2cccc(-c3c(C(C)(C)C)cc(C(C)(C)C)cc3C(C)(C)C)c2I)c(C(C)(C)C)c1. The van der Waals surface area contributed by atoms with Crippen molar-refractivity contribution in [1.82, 2.24) is 0 Å². The third-order valence-electron chi connectivity index (χ3n) is 8.78. The summed E-state index contributed by atoms with van der Waals surface area (Å²) < 4.78 is 1.35. The molecule has 3 aromatic carbocycles. The van der Waals surface area contributed by atoms with E-state index in [4.69, 9.17) is 0 Å². The summed E-state index contributed by atoms with van der Waals surface area (Å²) in [6.45, 7) is 42.6. The van der Waals surface area contributed by atoms with Crippen LogP contribution in [-0.2, 0) is 32.5 Å². The van der Waals surface area contributed by atoms with E-state index in [0.29, 0.717) is 0 Å². The maximum absolute atomic E-state index is 2.68. The highest BCUT2D eigenvalue weighted by molar-refractivity contribution is 14.1. The van der Waals surface area contributed by atoms with Gasteiger partial charge in [0.25, 0.3) is 0 Å². The average Bonchev–Trinajstić information content (AvgIpc) is 2.79. The van der Waals surface area contributed by atoms with Crippen molar-refractivity contribution in [3.8, 4) is 22.3 Å². The molecule has 0 atom stereocenters. The van der Waals surface area contributed by atoms with Gasteiger partial charge in [0, 0.05) is 3.57 Å². The molecule has 0 unspecified atom stereocenters. The molecule has 43 heavy (non-hydrogen) atoms. The molecule has 0 heterocycles. The van der Waals surface area contributed by atoms with Crippen molar-refractivity contribution in [3.63, 3.8) is 0 Å². The zero-order valence-electron chi connectivity index (χ0n) is 30.9. The lowest BCUT2D eigenvalue weighted by Crippen LogP contribution is -2.24. The molecule has 236 valence electrons. The Labute approximate surface area is 280 Å². The predicted octanol–water partition coefficient (Wildman–Crippen LogP) is 13.4. The van der Waals surface area contributed by atoms with Gasteiger partial charge >= 0.3 is 0 Å². The van der Waals surface area contributed by atoms with Gasteiger partial charge < -0.3 is 0 Å². The van der Waals surface area contributed by atoms with Crippen molar-refractivity contribution < 1.29 is 0 Å². The molecule has 3 rings (SSSR count). The average molecular weight is 693 g/mol. The number of hydrogen-bond donors (Lipinski definition) is 0. The second-order valence-corrected chi connectivity index (χ2v) is 20.1. The molecule has 0 saturated carbocycles. The zero-order chi connectivity index (χ0) is 33.3. The van der Waals surface area contributed by atoms with Gasteiger partial charge in [-0.1, -0.05) is 167 Å². The molecule has 1 heteroatoms. The van der Waals surface area contributed by atoms with E-state index in [1.54, 1.807) is 0 Å². The quantitative estimate of drug-likeness (QED) is 0.235. The van der Waals surface area contributed by atoms with Gasteiger partial charge in [0.15, 0.2) is 0 Å². The first-order chi connectivity index (χ1) is 19.1. The standard InChI is InChI=1S/C42H61I/c1-37(2,3)26-22-30(39(7,8)9)34(31(23-26)40(10,11)12)28-20-19-21-29(36(28)43)35-32(41(13,14)15)24-27(38(4,5)6)25-33(35)42(16,17)18/h19-25H,1-18H3. The molecule has 0 fully saturated rings. The molecule has 0 saturated heterocycles. The fraction of sp³-hybridized carbons (Fsp3) is 0.571. The van der Waals surface area contributed by atoms with Crippen LogP contribution in [-0.4, -0.2) is 0 Å². The molecular weight excluding hydrogens is 631 g/mol. The molecule has 3 aromatic rings. The Bertz CT molecular complexity index is 1310. The Morgan fingerprint density at radius 2 is 0.605 bits per heavy atom. The molecule has 0 aliphatic carbocycles. The van der Waals surface area contributed by atoms with Crippen molar-refractivity contribution in [2.45, 2.75) is 157 Å². The second kappa shape index (κ2) is 11.3. The summed E-state index contributed by atoms with van der Waals surface area (Å²) in [6.07, 6.45) is 0. The summed E-state index contributed by atoms with van der Waals surface area (Å²) in [7, 11) is 0. The molecule has 0 nitrogen and oxygen atoms in total. The highest BCUT2D eigenvalue weighted by Crippen LogP contribution is 2.49. The lowest BCUT2D eigenvalue weighted by atomic mass is 9.69. The summed E-state index contributed by atoms with van der Waals surface area (Å²) in [5, 5.41) is 0. The highest BCUT2D eigenvalue weighted by Gasteiger charge is 2.33. The smallest absolute Gasteiger partial charge is 0.0287 e. The lowest BCUT2D eigenvalue weighted by molar-refractivity contribution is 0.550. The van der Waals surface area contributed by atoms with Crippen LogP contribution < -0.4 is 0 Å². The van der Waals surface area contributed by atoms with Crippen LogP contribution in [0.4, 0.5) is 0 Å². The molecule has 0 aliphatic rings. The van der Waals surface area contributed by atoms with Crippen LogP contribution in [0.2, 0.25) is 0 Å². The summed E-state index contributed by atoms with van der Waals surface area (Å²) >= 11 is 2.68. The van der Waals surface area contributed by atoms with Crippen molar-refractivity contribution in [2.24, 2.45) is 0 Å². The van der Waals surface area contributed by atoms with Crippen LogP contribution in [0.15, 0.2) is 42.5 Å². The van der Waals surface area contributed by atoms with Crippen molar-refractivity contribution in [1.29, 1.82) is 0 Å². The van der Waals surface area contributed by atoms with Gasteiger partial charge in [-0.3, -0.25) is 0 Å². The first-order valence-electron chi connectivity index (χ1n) is 16.2. The van der Waals surface area contributed by atoms with E-state index < -0.39 is 0 Å². The molecular formula is C42H61I. The molecule has 0 radical (unpaired) electrons. The maximum Gasteiger partial charge on any atom is 0.0287 e. The fourth-order valence-electron chi connectivity index (χ4n) is 6.01. The molecule has 0 bridgehead atoms. The molecule has 0 spiro atoms. The highest BCUT2D eigenvalue weighted by atomic mass is 127. The molecule has 0 N–H and O–H groups in total. The topological polar surface area (TPSA) is 0 Å². The minimum absolute atomic E-state index is 0.00280. The van der Waals surface area contributed by atoms with Gasteiger partial charge in [-0.15, -0.1) is 0 Å². The van der Waals surface area contributed by atoms with Gasteiger partial charge in [0.2, 0.25) is 0 Å². The molecule has 0 aromatic heterocycles. The number of rotatable bonds is 2. The Kier molecular flexibility index (Phi) is 9.45. The fourth-order valence-corrected chi connectivity index (χ4v) is 6.91. The largest absolute Gasteiger partial charge is 0.0610 e. The number of hydrogen-bond acceptors (Lipinski definition) is 0. The Hall–Kier alpha value is -1.61. The van der Waals surface area contributed by atoms with Crippen LogP contribution in [0.1, 0.15) is 158 Å². The van der Waals surface area contributed by atoms with Crippen molar-refractivity contribution in [2.75, 3.05) is 0 Å². The second-order valence-electron chi connectivity index (χ2n) is 19.1. The molecule has 0 aliphatic heterocycles.